The highest BCUT2D eigenvalue weighted by molar-refractivity contribution is 6.20. The van der Waals surface area contributed by atoms with Crippen LogP contribution < -0.4 is 0 Å². The van der Waals surface area contributed by atoms with Crippen molar-refractivity contribution < 1.29 is 0 Å². The van der Waals surface area contributed by atoms with Gasteiger partial charge in [-0.3, -0.25) is 0 Å². The number of imidazole rings is 1. The van der Waals surface area contributed by atoms with Gasteiger partial charge in [-0.25, -0.2) is 9.97 Å². The molecule has 1 fully saturated rings. The van der Waals surface area contributed by atoms with Gasteiger partial charge >= 0.3 is 0 Å². The fraction of sp³-hybridized carbons (Fsp3) is 0.538. The number of aryl methyl sites for hydroxylation is 1. The van der Waals surface area contributed by atoms with E-state index in [4.69, 9.17) is 11.6 Å². The summed E-state index contributed by atoms with van der Waals surface area (Å²) in [6.07, 6.45) is 4.54. The molecule has 4 heteroatoms. The summed E-state index contributed by atoms with van der Waals surface area (Å²) in [5.74, 6) is 1.75. The summed E-state index contributed by atoms with van der Waals surface area (Å²) in [7, 11) is 0. The standard InChI is InChI=1S/C13H16ClN3/c1-8-5-11-13(15-6-8)17(7-10-3-4-10)12(16-11)9(2)14/h5-6,9-10H,3-4,7H2,1-2H3. The van der Waals surface area contributed by atoms with E-state index < -0.39 is 0 Å². The number of nitrogens with zero attached hydrogens (tertiary/aromatic N) is 3. The highest BCUT2D eigenvalue weighted by Crippen LogP contribution is 2.33. The van der Waals surface area contributed by atoms with E-state index in [2.05, 4.69) is 20.6 Å². The topological polar surface area (TPSA) is 30.7 Å². The molecule has 1 atom stereocenters. The molecular formula is C13H16ClN3. The van der Waals surface area contributed by atoms with Crippen molar-refractivity contribution in [1.29, 1.82) is 0 Å². The molecule has 0 aliphatic heterocycles. The van der Waals surface area contributed by atoms with Gasteiger partial charge in [-0.2, -0.15) is 0 Å². The molecule has 0 spiro atoms. The fourth-order valence-electron chi connectivity index (χ4n) is 2.17. The maximum Gasteiger partial charge on any atom is 0.160 e. The number of hydrogen-bond acceptors (Lipinski definition) is 2. The van der Waals surface area contributed by atoms with Crippen LogP contribution in [-0.4, -0.2) is 14.5 Å². The Balaban J connectivity index is 2.15. The zero-order chi connectivity index (χ0) is 12.0. The van der Waals surface area contributed by atoms with Gasteiger partial charge in [-0.05, 0) is 44.2 Å². The van der Waals surface area contributed by atoms with Crippen molar-refractivity contribution in [3.63, 3.8) is 0 Å². The Hall–Kier alpha value is -1.09. The Kier molecular flexibility index (Phi) is 2.58. The van der Waals surface area contributed by atoms with E-state index >= 15 is 0 Å². The molecule has 2 aromatic heterocycles. The van der Waals surface area contributed by atoms with Crippen LogP contribution in [0.2, 0.25) is 0 Å². The molecule has 3 rings (SSSR count). The molecule has 0 aromatic carbocycles. The number of aromatic nitrogens is 3. The van der Waals surface area contributed by atoms with Crippen LogP contribution in [0.4, 0.5) is 0 Å². The summed E-state index contributed by atoms with van der Waals surface area (Å²) in [5.41, 5.74) is 3.08. The number of hydrogen-bond donors (Lipinski definition) is 0. The number of fused-ring (bicyclic) bond motifs is 1. The summed E-state index contributed by atoms with van der Waals surface area (Å²) >= 11 is 6.21. The first kappa shape index (κ1) is 11.0. The van der Waals surface area contributed by atoms with Crippen LogP contribution in [0.1, 0.15) is 36.5 Å². The van der Waals surface area contributed by atoms with Crippen molar-refractivity contribution in [3.8, 4) is 0 Å². The van der Waals surface area contributed by atoms with Crippen LogP contribution in [0.5, 0.6) is 0 Å². The zero-order valence-corrected chi connectivity index (χ0v) is 10.9. The molecular weight excluding hydrogens is 234 g/mol. The molecule has 1 unspecified atom stereocenters. The van der Waals surface area contributed by atoms with Gasteiger partial charge in [0.15, 0.2) is 5.65 Å². The van der Waals surface area contributed by atoms with Gasteiger partial charge in [0, 0.05) is 12.7 Å². The van der Waals surface area contributed by atoms with Crippen LogP contribution in [0.3, 0.4) is 0 Å². The quantitative estimate of drug-likeness (QED) is 0.780. The van der Waals surface area contributed by atoms with Crippen LogP contribution >= 0.6 is 11.6 Å². The van der Waals surface area contributed by atoms with Gasteiger partial charge in [0.2, 0.25) is 0 Å². The van der Waals surface area contributed by atoms with Gasteiger partial charge in [-0.15, -0.1) is 11.6 Å². The highest BCUT2D eigenvalue weighted by Gasteiger charge is 2.25. The maximum atomic E-state index is 6.21. The van der Waals surface area contributed by atoms with Crippen LogP contribution in [0.15, 0.2) is 12.3 Å². The summed E-state index contributed by atoms with van der Waals surface area (Å²) in [6, 6.07) is 2.08. The molecule has 90 valence electrons. The summed E-state index contributed by atoms with van der Waals surface area (Å²) in [5, 5.41) is -0.0664. The number of rotatable bonds is 3. The maximum absolute atomic E-state index is 6.21. The molecule has 0 radical (unpaired) electrons. The molecule has 1 aliphatic carbocycles. The van der Waals surface area contributed by atoms with Gasteiger partial charge < -0.3 is 4.57 Å². The largest absolute Gasteiger partial charge is 0.311 e. The Morgan fingerprint density at radius 3 is 2.94 bits per heavy atom. The third-order valence-electron chi connectivity index (χ3n) is 3.24. The first-order chi connectivity index (χ1) is 8.15. The van der Waals surface area contributed by atoms with Crippen LogP contribution in [-0.2, 0) is 6.54 Å². The van der Waals surface area contributed by atoms with E-state index in [1.165, 1.54) is 12.8 Å². The molecule has 2 heterocycles. The van der Waals surface area contributed by atoms with Crippen molar-refractivity contribution in [1.82, 2.24) is 14.5 Å². The third kappa shape index (κ3) is 2.04. The first-order valence-corrected chi connectivity index (χ1v) is 6.55. The van der Waals surface area contributed by atoms with Gasteiger partial charge in [0.25, 0.3) is 0 Å². The lowest BCUT2D eigenvalue weighted by atomic mass is 10.3. The van der Waals surface area contributed by atoms with Crippen LogP contribution in [0, 0.1) is 12.8 Å². The predicted molar refractivity (Wildman–Crippen MR) is 69.3 cm³/mol. The van der Waals surface area contributed by atoms with Gasteiger partial charge in [-0.1, -0.05) is 0 Å². The minimum atomic E-state index is -0.0664. The van der Waals surface area contributed by atoms with Gasteiger partial charge in [0.1, 0.15) is 11.3 Å². The smallest absolute Gasteiger partial charge is 0.160 e. The number of alkyl halides is 1. The molecule has 0 bridgehead atoms. The predicted octanol–water partition coefficient (Wildman–Crippen LogP) is 3.45. The van der Waals surface area contributed by atoms with E-state index in [1.54, 1.807) is 0 Å². The lowest BCUT2D eigenvalue weighted by molar-refractivity contribution is 0.606. The second kappa shape index (κ2) is 3.98. The highest BCUT2D eigenvalue weighted by atomic mass is 35.5. The number of halogens is 1. The zero-order valence-electron chi connectivity index (χ0n) is 10.2. The van der Waals surface area contributed by atoms with E-state index in [9.17, 15) is 0 Å². The molecule has 17 heavy (non-hydrogen) atoms. The Bertz CT molecular complexity index is 555. The summed E-state index contributed by atoms with van der Waals surface area (Å²) in [4.78, 5) is 9.13. The average molecular weight is 250 g/mol. The lowest BCUT2D eigenvalue weighted by Gasteiger charge is -2.08. The lowest BCUT2D eigenvalue weighted by Crippen LogP contribution is -2.06. The monoisotopic (exact) mass is 249 g/mol. The average Bonchev–Trinajstić information content (AvgIpc) is 3.00. The van der Waals surface area contributed by atoms with E-state index in [0.29, 0.717) is 0 Å². The van der Waals surface area contributed by atoms with E-state index in [-0.39, 0.29) is 5.38 Å². The van der Waals surface area contributed by atoms with Gasteiger partial charge in [0.05, 0.1) is 5.38 Å². The van der Waals surface area contributed by atoms with Crippen LogP contribution in [0.25, 0.3) is 11.2 Å². The SMILES string of the molecule is Cc1cnc2c(c1)nc(C(C)Cl)n2CC1CC1. The minimum Gasteiger partial charge on any atom is -0.311 e. The third-order valence-corrected chi connectivity index (χ3v) is 3.44. The molecule has 0 N–H and O–H groups in total. The molecule has 2 aromatic rings. The van der Waals surface area contributed by atoms with Crippen molar-refractivity contribution in [3.05, 3.63) is 23.7 Å². The molecule has 0 saturated heterocycles. The van der Waals surface area contributed by atoms with Crippen molar-refractivity contribution in [2.75, 3.05) is 0 Å². The Morgan fingerprint density at radius 2 is 2.29 bits per heavy atom. The normalized spacial score (nSPS) is 17.6. The van der Waals surface area contributed by atoms with Crippen molar-refractivity contribution in [2.24, 2.45) is 5.92 Å². The Morgan fingerprint density at radius 1 is 1.53 bits per heavy atom. The van der Waals surface area contributed by atoms with E-state index in [0.717, 1.165) is 35.0 Å². The second-order valence-corrected chi connectivity index (χ2v) is 5.65. The molecule has 1 saturated carbocycles. The summed E-state index contributed by atoms with van der Waals surface area (Å²) < 4.78 is 2.20. The first-order valence-electron chi connectivity index (χ1n) is 6.12. The Labute approximate surface area is 106 Å². The number of pyridine rings is 1. The van der Waals surface area contributed by atoms with Crippen molar-refractivity contribution >= 4 is 22.8 Å². The minimum absolute atomic E-state index is 0.0664. The second-order valence-electron chi connectivity index (χ2n) is 5.00. The molecule has 3 nitrogen and oxygen atoms in total. The fourth-order valence-corrected chi connectivity index (χ4v) is 2.34. The van der Waals surface area contributed by atoms with Crippen molar-refractivity contribution in [2.45, 2.75) is 38.6 Å². The molecule has 1 aliphatic rings. The summed E-state index contributed by atoms with van der Waals surface area (Å²) in [6.45, 7) is 5.02. The molecule has 0 amide bonds. The van der Waals surface area contributed by atoms with E-state index in [1.807, 2.05) is 20.0 Å².